The monoisotopic (exact) mass is 414 g/mol. The summed E-state index contributed by atoms with van der Waals surface area (Å²) in [6.07, 6.45) is -0.572. The van der Waals surface area contributed by atoms with Crippen molar-refractivity contribution in [3.63, 3.8) is 0 Å². The number of carbonyl (C=O) groups excluding carboxylic acids is 4. The second-order valence-electron chi connectivity index (χ2n) is 5.88. The molecule has 0 aromatic heterocycles. The number of hydrogen-bond acceptors (Lipinski definition) is 7. The number of anilines is 1. The summed E-state index contributed by atoms with van der Waals surface area (Å²) in [5, 5.41) is 13.1. The topological polar surface area (TPSA) is 157 Å². The number of nitrogens with one attached hydrogen (secondary N) is 3. The third kappa shape index (κ3) is 7.38. The number of benzene rings is 2. The van der Waals surface area contributed by atoms with Crippen molar-refractivity contribution in [2.24, 2.45) is 0 Å². The first-order valence-corrected chi connectivity index (χ1v) is 8.69. The highest BCUT2D eigenvalue weighted by atomic mass is 16.6. The average Bonchev–Trinajstić information content (AvgIpc) is 2.75. The lowest BCUT2D eigenvalue weighted by molar-refractivity contribution is -0.384. The van der Waals surface area contributed by atoms with E-state index in [2.05, 4.69) is 16.2 Å². The quantitative estimate of drug-likeness (QED) is 0.334. The third-order valence-electron chi connectivity index (χ3n) is 3.61. The van der Waals surface area contributed by atoms with Gasteiger partial charge >= 0.3 is 5.97 Å². The van der Waals surface area contributed by atoms with Crippen LogP contribution in [0.5, 0.6) is 0 Å². The van der Waals surface area contributed by atoms with E-state index < -0.39 is 35.2 Å². The maximum Gasteiger partial charge on any atom is 0.306 e. The van der Waals surface area contributed by atoms with Gasteiger partial charge in [-0.05, 0) is 18.2 Å². The van der Waals surface area contributed by atoms with Crippen LogP contribution < -0.4 is 16.2 Å². The van der Waals surface area contributed by atoms with Crippen molar-refractivity contribution in [2.75, 3.05) is 11.9 Å². The second kappa shape index (κ2) is 10.9. The Hall–Kier alpha value is -4.28. The molecule has 0 bridgehead atoms. The average molecular weight is 414 g/mol. The zero-order valence-electron chi connectivity index (χ0n) is 15.6. The zero-order valence-corrected chi connectivity index (χ0v) is 15.6. The minimum absolute atomic E-state index is 0.179. The molecule has 0 saturated heterocycles. The number of hydrogen-bond donors (Lipinski definition) is 3. The van der Waals surface area contributed by atoms with E-state index in [1.807, 2.05) is 0 Å². The van der Waals surface area contributed by atoms with Gasteiger partial charge in [-0.15, -0.1) is 0 Å². The van der Waals surface area contributed by atoms with Crippen LogP contribution in [-0.4, -0.2) is 35.2 Å². The Morgan fingerprint density at radius 2 is 1.63 bits per heavy atom. The van der Waals surface area contributed by atoms with Gasteiger partial charge in [-0.3, -0.25) is 40.1 Å². The van der Waals surface area contributed by atoms with Crippen LogP contribution in [0.15, 0.2) is 54.6 Å². The summed E-state index contributed by atoms with van der Waals surface area (Å²) in [7, 11) is 0. The van der Waals surface area contributed by atoms with E-state index in [1.165, 1.54) is 18.2 Å². The summed E-state index contributed by atoms with van der Waals surface area (Å²) < 4.78 is 4.75. The first kappa shape index (κ1) is 22.0. The van der Waals surface area contributed by atoms with Gasteiger partial charge in [0.15, 0.2) is 6.61 Å². The van der Waals surface area contributed by atoms with Crippen molar-refractivity contribution in [1.29, 1.82) is 0 Å². The molecule has 0 aliphatic rings. The third-order valence-corrected chi connectivity index (χ3v) is 3.61. The lowest BCUT2D eigenvalue weighted by Crippen LogP contribution is -2.41. The lowest BCUT2D eigenvalue weighted by atomic mass is 10.2. The minimum Gasteiger partial charge on any atom is -0.456 e. The van der Waals surface area contributed by atoms with Gasteiger partial charge in [-0.2, -0.15) is 0 Å². The molecular formula is C19H18N4O7. The van der Waals surface area contributed by atoms with Gasteiger partial charge < -0.3 is 10.1 Å². The number of hydrazine groups is 1. The molecule has 11 nitrogen and oxygen atoms in total. The molecule has 30 heavy (non-hydrogen) atoms. The summed E-state index contributed by atoms with van der Waals surface area (Å²) >= 11 is 0. The minimum atomic E-state index is -0.797. The fraction of sp³-hybridized carbons (Fsp3) is 0.158. The largest absolute Gasteiger partial charge is 0.456 e. The van der Waals surface area contributed by atoms with Gasteiger partial charge in [0.25, 0.3) is 17.5 Å². The van der Waals surface area contributed by atoms with Gasteiger partial charge in [-0.25, -0.2) is 0 Å². The van der Waals surface area contributed by atoms with E-state index in [-0.39, 0.29) is 24.2 Å². The molecular weight excluding hydrogens is 396 g/mol. The van der Waals surface area contributed by atoms with Crippen LogP contribution in [0.3, 0.4) is 0 Å². The van der Waals surface area contributed by atoms with Crippen LogP contribution >= 0.6 is 0 Å². The van der Waals surface area contributed by atoms with Crippen molar-refractivity contribution in [1.82, 2.24) is 10.9 Å². The molecule has 3 N–H and O–H groups in total. The van der Waals surface area contributed by atoms with E-state index in [0.29, 0.717) is 5.56 Å². The number of ether oxygens (including phenoxy) is 1. The van der Waals surface area contributed by atoms with E-state index in [9.17, 15) is 29.3 Å². The number of amides is 3. The van der Waals surface area contributed by atoms with E-state index >= 15 is 0 Å². The molecule has 11 heteroatoms. The number of non-ortho nitro benzene ring substituents is 1. The standard InChI is InChI=1S/C19H18N4O7/c24-16(21-22-19(27)13-5-2-1-3-6-13)9-10-18(26)30-12-17(25)20-14-7-4-8-15(11-14)23(28)29/h1-8,11H,9-10,12H2,(H,20,25)(H,21,24)(H,22,27). The van der Waals surface area contributed by atoms with Gasteiger partial charge in [0.1, 0.15) is 0 Å². The van der Waals surface area contributed by atoms with Crippen LogP contribution in [0.2, 0.25) is 0 Å². The maximum atomic E-state index is 11.8. The highest BCUT2D eigenvalue weighted by Gasteiger charge is 2.13. The predicted octanol–water partition coefficient (Wildman–Crippen LogP) is 1.32. The summed E-state index contributed by atoms with van der Waals surface area (Å²) in [6, 6.07) is 13.5. The Morgan fingerprint density at radius 3 is 2.33 bits per heavy atom. The number of rotatable bonds is 8. The molecule has 2 aromatic carbocycles. The van der Waals surface area contributed by atoms with Crippen LogP contribution in [-0.2, 0) is 19.1 Å². The van der Waals surface area contributed by atoms with Crippen LogP contribution in [0.1, 0.15) is 23.2 Å². The number of nitrogens with zero attached hydrogens (tertiary/aromatic N) is 1. The SMILES string of the molecule is O=C(CCC(=O)OCC(=O)Nc1cccc([N+](=O)[O-])c1)NNC(=O)c1ccccc1. The molecule has 3 amide bonds. The molecule has 0 heterocycles. The summed E-state index contributed by atoms with van der Waals surface area (Å²) in [4.78, 5) is 57.0. The molecule has 0 saturated carbocycles. The van der Waals surface area contributed by atoms with Crippen LogP contribution in [0, 0.1) is 10.1 Å². The predicted molar refractivity (Wildman–Crippen MR) is 104 cm³/mol. The highest BCUT2D eigenvalue weighted by molar-refractivity contribution is 5.95. The first-order chi connectivity index (χ1) is 14.3. The van der Waals surface area contributed by atoms with Gasteiger partial charge in [0.05, 0.1) is 11.3 Å². The maximum absolute atomic E-state index is 11.8. The number of esters is 1. The van der Waals surface area contributed by atoms with Crippen molar-refractivity contribution < 1.29 is 28.8 Å². The van der Waals surface area contributed by atoms with Crippen molar-refractivity contribution in [2.45, 2.75) is 12.8 Å². The van der Waals surface area contributed by atoms with E-state index in [0.717, 1.165) is 6.07 Å². The Bertz CT molecular complexity index is 947. The summed E-state index contributed by atoms with van der Waals surface area (Å²) in [5.41, 5.74) is 4.71. The fourth-order valence-electron chi connectivity index (χ4n) is 2.18. The fourth-order valence-corrected chi connectivity index (χ4v) is 2.18. The van der Waals surface area contributed by atoms with Crippen LogP contribution in [0.4, 0.5) is 11.4 Å². The van der Waals surface area contributed by atoms with Crippen molar-refractivity contribution in [3.8, 4) is 0 Å². The molecule has 156 valence electrons. The second-order valence-corrected chi connectivity index (χ2v) is 5.88. The molecule has 0 atom stereocenters. The lowest BCUT2D eigenvalue weighted by Gasteiger charge is -2.08. The Labute approximate surface area is 170 Å². The summed E-state index contributed by atoms with van der Waals surface area (Å²) in [5.74, 6) is -2.61. The zero-order chi connectivity index (χ0) is 21.9. The molecule has 0 unspecified atom stereocenters. The molecule has 2 aromatic rings. The molecule has 0 aliphatic heterocycles. The normalized spacial score (nSPS) is 9.87. The highest BCUT2D eigenvalue weighted by Crippen LogP contribution is 2.16. The van der Waals surface area contributed by atoms with Crippen LogP contribution in [0.25, 0.3) is 0 Å². The molecule has 0 aliphatic carbocycles. The molecule has 0 spiro atoms. The van der Waals surface area contributed by atoms with Crippen molar-refractivity contribution >= 4 is 35.1 Å². The van der Waals surface area contributed by atoms with Gasteiger partial charge in [0, 0.05) is 29.8 Å². The van der Waals surface area contributed by atoms with E-state index in [4.69, 9.17) is 4.74 Å². The summed E-state index contributed by atoms with van der Waals surface area (Å²) in [6.45, 7) is -0.617. The number of carbonyl (C=O) groups is 4. The van der Waals surface area contributed by atoms with Gasteiger partial charge in [0.2, 0.25) is 5.91 Å². The Balaban J connectivity index is 1.66. The Morgan fingerprint density at radius 1 is 0.900 bits per heavy atom. The number of nitro groups is 1. The first-order valence-electron chi connectivity index (χ1n) is 8.69. The number of nitro benzene ring substituents is 1. The molecule has 0 radical (unpaired) electrons. The molecule has 2 rings (SSSR count). The smallest absolute Gasteiger partial charge is 0.306 e. The molecule has 0 fully saturated rings. The Kier molecular flexibility index (Phi) is 8.00. The van der Waals surface area contributed by atoms with Gasteiger partial charge in [-0.1, -0.05) is 24.3 Å². The van der Waals surface area contributed by atoms with Crippen molar-refractivity contribution in [3.05, 3.63) is 70.3 Å². The van der Waals surface area contributed by atoms with E-state index in [1.54, 1.807) is 30.3 Å².